The van der Waals surface area contributed by atoms with E-state index < -0.39 is 17.1 Å². The van der Waals surface area contributed by atoms with Crippen molar-refractivity contribution in [3.8, 4) is 0 Å². The second kappa shape index (κ2) is 7.25. The number of hydrogen-bond donors (Lipinski definition) is 0. The van der Waals surface area contributed by atoms with E-state index in [2.05, 4.69) is 22.9 Å². The molecule has 1 aliphatic rings. The van der Waals surface area contributed by atoms with Crippen LogP contribution in [0.1, 0.15) is 32.8 Å². The fourth-order valence-corrected chi connectivity index (χ4v) is 4.34. The quantitative estimate of drug-likeness (QED) is 0.518. The molecule has 3 rings (SSSR count). The molecule has 0 spiro atoms. The van der Waals surface area contributed by atoms with Gasteiger partial charge in [-0.15, -0.1) is 0 Å². The second-order valence-electron chi connectivity index (χ2n) is 7.21. The highest BCUT2D eigenvalue weighted by Crippen LogP contribution is 2.48. The van der Waals surface area contributed by atoms with Crippen LogP contribution in [0.3, 0.4) is 0 Å². The van der Waals surface area contributed by atoms with Gasteiger partial charge in [-0.25, -0.2) is 4.79 Å². The first-order valence-electron chi connectivity index (χ1n) is 8.54. The number of aromatic nitrogens is 1. The van der Waals surface area contributed by atoms with Crippen LogP contribution in [0.25, 0.3) is 0 Å². The summed E-state index contributed by atoms with van der Waals surface area (Å²) in [7, 11) is 0. The molecule has 3 atom stereocenters. The van der Waals surface area contributed by atoms with Crippen LogP contribution >= 0.6 is 28.1 Å². The molecule has 2 heterocycles. The minimum Gasteiger partial charge on any atom is -0.363 e. The monoisotopic (exact) mass is 435 g/mol. The lowest BCUT2D eigenvalue weighted by Gasteiger charge is -2.50. The van der Waals surface area contributed by atoms with Crippen molar-refractivity contribution in [1.29, 1.82) is 0 Å². The standard InChI is InChI=1S/C20H22BrNO3S/c1-19(2)15(18(23)24-22-12-8-7-11-17(22)26)13-16(21)20(3,25-19)14-9-5-4-6-10-14/h4-12,15-16H,13H2,1-3H3/t15-,16+,20-/m1/s1. The van der Waals surface area contributed by atoms with Crippen LogP contribution in [0, 0.1) is 10.6 Å². The molecule has 1 saturated heterocycles. The molecule has 4 nitrogen and oxygen atoms in total. The van der Waals surface area contributed by atoms with Gasteiger partial charge in [-0.1, -0.05) is 64.5 Å². The van der Waals surface area contributed by atoms with E-state index in [0.29, 0.717) is 11.1 Å². The first-order valence-corrected chi connectivity index (χ1v) is 9.86. The lowest BCUT2D eigenvalue weighted by molar-refractivity contribution is -0.206. The number of alkyl halides is 1. The van der Waals surface area contributed by atoms with E-state index in [4.69, 9.17) is 21.8 Å². The van der Waals surface area contributed by atoms with Gasteiger partial charge in [-0.2, -0.15) is 4.73 Å². The predicted octanol–water partition coefficient (Wildman–Crippen LogP) is 4.67. The van der Waals surface area contributed by atoms with Gasteiger partial charge in [0.15, 0.2) is 0 Å². The van der Waals surface area contributed by atoms with Crippen LogP contribution in [-0.4, -0.2) is 21.1 Å². The van der Waals surface area contributed by atoms with Crippen molar-refractivity contribution in [3.05, 3.63) is 64.9 Å². The highest BCUT2D eigenvalue weighted by molar-refractivity contribution is 9.09. The minimum atomic E-state index is -0.692. The largest absolute Gasteiger partial charge is 0.363 e. The van der Waals surface area contributed by atoms with Crippen LogP contribution in [0.4, 0.5) is 0 Å². The van der Waals surface area contributed by atoms with Gasteiger partial charge in [-0.05, 0) is 44.9 Å². The molecule has 2 aromatic rings. The molecular weight excluding hydrogens is 414 g/mol. The molecule has 138 valence electrons. The van der Waals surface area contributed by atoms with Gasteiger partial charge in [0.2, 0.25) is 0 Å². The molecule has 26 heavy (non-hydrogen) atoms. The summed E-state index contributed by atoms with van der Waals surface area (Å²) < 4.78 is 8.24. The molecule has 0 aliphatic carbocycles. The molecule has 0 unspecified atom stereocenters. The highest BCUT2D eigenvalue weighted by Gasteiger charge is 2.52. The summed E-state index contributed by atoms with van der Waals surface area (Å²) in [5.74, 6) is -0.775. The number of hydrogen-bond acceptors (Lipinski definition) is 4. The van der Waals surface area contributed by atoms with Gasteiger partial charge >= 0.3 is 5.97 Å². The van der Waals surface area contributed by atoms with Crippen LogP contribution < -0.4 is 4.84 Å². The third kappa shape index (κ3) is 3.63. The van der Waals surface area contributed by atoms with Crippen molar-refractivity contribution < 1.29 is 14.4 Å². The Hall–Kier alpha value is -1.50. The molecular formula is C20H22BrNO3S. The summed E-state index contributed by atoms with van der Waals surface area (Å²) in [4.78, 5) is 18.3. The zero-order valence-electron chi connectivity index (χ0n) is 15.0. The smallest absolute Gasteiger partial charge is 0.338 e. The van der Waals surface area contributed by atoms with Gasteiger partial charge in [0, 0.05) is 11.0 Å². The van der Waals surface area contributed by atoms with E-state index in [0.717, 1.165) is 5.56 Å². The van der Waals surface area contributed by atoms with Crippen molar-refractivity contribution in [2.24, 2.45) is 5.92 Å². The summed E-state index contributed by atoms with van der Waals surface area (Å²) in [6, 6.07) is 15.4. The van der Waals surface area contributed by atoms with E-state index in [1.165, 1.54) is 4.73 Å². The van der Waals surface area contributed by atoms with E-state index in [1.54, 1.807) is 24.4 Å². The number of nitrogens with zero attached hydrogens (tertiary/aromatic N) is 1. The van der Waals surface area contributed by atoms with Crippen LogP contribution in [-0.2, 0) is 15.1 Å². The Bertz CT molecular complexity index is 851. The highest BCUT2D eigenvalue weighted by atomic mass is 79.9. The zero-order valence-corrected chi connectivity index (χ0v) is 17.4. The maximum atomic E-state index is 12.8. The maximum absolute atomic E-state index is 12.8. The average molecular weight is 436 g/mol. The topological polar surface area (TPSA) is 40.5 Å². The lowest BCUT2D eigenvalue weighted by atomic mass is 9.76. The summed E-state index contributed by atoms with van der Waals surface area (Å²) in [5, 5.41) is 0. The van der Waals surface area contributed by atoms with E-state index in [-0.39, 0.29) is 10.8 Å². The fourth-order valence-electron chi connectivity index (χ4n) is 3.43. The van der Waals surface area contributed by atoms with Crippen molar-refractivity contribution in [2.75, 3.05) is 0 Å². The van der Waals surface area contributed by atoms with Crippen molar-refractivity contribution in [3.63, 3.8) is 0 Å². The molecule has 6 heteroatoms. The minimum absolute atomic E-state index is 0.0354. The summed E-state index contributed by atoms with van der Waals surface area (Å²) in [6.45, 7) is 5.92. The van der Waals surface area contributed by atoms with E-state index in [9.17, 15) is 4.79 Å². The Balaban J connectivity index is 1.84. The Morgan fingerprint density at radius 2 is 1.85 bits per heavy atom. The van der Waals surface area contributed by atoms with Gasteiger partial charge in [0.25, 0.3) is 0 Å². The van der Waals surface area contributed by atoms with Gasteiger partial charge in [0.05, 0.1) is 11.5 Å². The molecule has 0 saturated carbocycles. The third-order valence-corrected chi connectivity index (χ3v) is 6.53. The molecule has 1 aromatic heterocycles. The molecule has 0 radical (unpaired) electrons. The Morgan fingerprint density at radius 1 is 1.19 bits per heavy atom. The molecule has 0 bridgehead atoms. The first-order chi connectivity index (χ1) is 12.2. The fraction of sp³-hybridized carbons (Fsp3) is 0.400. The Kier molecular flexibility index (Phi) is 5.37. The second-order valence-corrected chi connectivity index (χ2v) is 8.73. The zero-order chi connectivity index (χ0) is 18.9. The van der Waals surface area contributed by atoms with Gasteiger partial charge in [-0.3, -0.25) is 0 Å². The van der Waals surface area contributed by atoms with Crippen molar-refractivity contribution >= 4 is 34.1 Å². The summed E-state index contributed by atoms with van der Waals surface area (Å²) in [6.07, 6.45) is 2.23. The maximum Gasteiger partial charge on any atom is 0.338 e. The molecule has 0 amide bonds. The van der Waals surface area contributed by atoms with Crippen molar-refractivity contribution in [1.82, 2.24) is 4.73 Å². The van der Waals surface area contributed by atoms with E-state index >= 15 is 0 Å². The number of benzene rings is 1. The number of halogens is 1. The Morgan fingerprint density at radius 3 is 2.50 bits per heavy atom. The number of carbonyl (C=O) groups is 1. The molecule has 1 fully saturated rings. The number of rotatable bonds is 3. The third-order valence-electron chi connectivity index (χ3n) is 4.96. The number of carbonyl (C=O) groups excluding carboxylic acids is 1. The SMILES string of the molecule is CC1(C)O[C@](C)(c2ccccc2)[C@@H](Br)C[C@@H]1C(=O)On1ccccc1=S. The normalized spacial score (nSPS) is 27.7. The van der Waals surface area contributed by atoms with Crippen LogP contribution in [0.2, 0.25) is 0 Å². The average Bonchev–Trinajstić information content (AvgIpc) is 2.60. The predicted molar refractivity (Wildman–Crippen MR) is 107 cm³/mol. The van der Waals surface area contributed by atoms with Gasteiger partial charge < -0.3 is 9.57 Å². The van der Waals surface area contributed by atoms with Crippen molar-refractivity contribution in [2.45, 2.75) is 43.2 Å². The summed E-state index contributed by atoms with van der Waals surface area (Å²) in [5.41, 5.74) is -0.153. The lowest BCUT2D eigenvalue weighted by Crippen LogP contribution is -2.56. The number of ether oxygens (including phenoxy) is 1. The van der Waals surface area contributed by atoms with Crippen LogP contribution in [0.5, 0.6) is 0 Å². The van der Waals surface area contributed by atoms with Gasteiger partial charge in [0.1, 0.15) is 10.2 Å². The van der Waals surface area contributed by atoms with Crippen LogP contribution in [0.15, 0.2) is 54.7 Å². The molecule has 1 aromatic carbocycles. The molecule has 0 N–H and O–H groups in total. The Labute approximate surface area is 167 Å². The van der Waals surface area contributed by atoms with E-state index in [1.807, 2.05) is 44.2 Å². The first kappa shape index (κ1) is 19.3. The molecule has 1 aliphatic heterocycles. The number of pyridine rings is 1. The summed E-state index contributed by atoms with van der Waals surface area (Å²) >= 11 is 8.95.